The van der Waals surface area contributed by atoms with E-state index in [1.54, 1.807) is 18.2 Å². The van der Waals surface area contributed by atoms with Crippen LogP contribution in [0.3, 0.4) is 0 Å². The monoisotopic (exact) mass is 404 g/mol. The van der Waals surface area contributed by atoms with Crippen molar-refractivity contribution in [2.45, 2.75) is 6.61 Å². The number of amides is 1. The maximum Gasteiger partial charge on any atom is 0.387 e. The van der Waals surface area contributed by atoms with Gasteiger partial charge in [0, 0.05) is 42.6 Å². The largest absolute Gasteiger partial charge is 0.434 e. The molecule has 3 rings (SSSR count). The Labute approximate surface area is 163 Å². The highest BCUT2D eigenvalue weighted by Gasteiger charge is 2.20. The number of nitrogen functional groups attached to an aromatic ring is 1. The van der Waals surface area contributed by atoms with Crippen LogP contribution in [-0.2, 0) is 4.74 Å². The third-order valence-electron chi connectivity index (χ3n) is 4.20. The van der Waals surface area contributed by atoms with Crippen molar-refractivity contribution in [1.82, 2.24) is 15.3 Å². The van der Waals surface area contributed by atoms with E-state index in [1.807, 2.05) is 0 Å². The molecule has 1 amide bonds. The highest BCUT2D eigenvalue weighted by molar-refractivity contribution is 6.09. The van der Waals surface area contributed by atoms with Gasteiger partial charge in [-0.1, -0.05) is 18.2 Å². The fourth-order valence-corrected chi connectivity index (χ4v) is 2.93. The molecular weight excluding hydrogens is 386 g/mol. The Morgan fingerprint density at radius 1 is 1.31 bits per heavy atom. The number of benzene rings is 1. The number of alkyl halides is 2. The Kier molecular flexibility index (Phi) is 6.03. The molecule has 2 heterocycles. The zero-order valence-electron chi connectivity index (χ0n) is 15.4. The van der Waals surface area contributed by atoms with E-state index < -0.39 is 18.1 Å². The van der Waals surface area contributed by atoms with Crippen LogP contribution in [0.5, 0.6) is 5.75 Å². The second-order valence-electron chi connectivity index (χ2n) is 5.97. The Balaban J connectivity index is 2.14. The van der Waals surface area contributed by atoms with Gasteiger partial charge >= 0.3 is 6.61 Å². The molecule has 0 radical (unpaired) electrons. The van der Waals surface area contributed by atoms with Gasteiger partial charge in [0.25, 0.3) is 11.5 Å². The van der Waals surface area contributed by atoms with Gasteiger partial charge in [0.05, 0.1) is 17.8 Å². The number of rotatable bonds is 7. The highest BCUT2D eigenvalue weighted by atomic mass is 19.3. The molecule has 0 unspecified atom stereocenters. The smallest absolute Gasteiger partial charge is 0.387 e. The minimum Gasteiger partial charge on any atom is -0.434 e. The van der Waals surface area contributed by atoms with Crippen molar-refractivity contribution in [2.75, 3.05) is 26.0 Å². The summed E-state index contributed by atoms with van der Waals surface area (Å²) in [5.41, 5.74) is 6.03. The van der Waals surface area contributed by atoms with E-state index in [0.717, 1.165) is 0 Å². The molecule has 4 N–H and O–H groups in total. The number of nitrogens with two attached hydrogens (primary N) is 1. The van der Waals surface area contributed by atoms with E-state index in [4.69, 9.17) is 10.5 Å². The van der Waals surface area contributed by atoms with Crippen molar-refractivity contribution in [2.24, 2.45) is 0 Å². The third-order valence-corrected chi connectivity index (χ3v) is 4.20. The molecule has 0 fully saturated rings. The number of carbonyl (C=O) groups is 1. The molecule has 0 saturated carbocycles. The Morgan fingerprint density at radius 2 is 2.10 bits per heavy atom. The van der Waals surface area contributed by atoms with Gasteiger partial charge in [0.15, 0.2) is 0 Å². The maximum absolute atomic E-state index is 12.8. The van der Waals surface area contributed by atoms with Gasteiger partial charge in [-0.2, -0.15) is 8.78 Å². The van der Waals surface area contributed by atoms with Crippen LogP contribution in [0.4, 0.5) is 14.5 Å². The second-order valence-corrected chi connectivity index (χ2v) is 5.97. The lowest BCUT2D eigenvalue weighted by Crippen LogP contribution is -2.33. The third kappa shape index (κ3) is 4.16. The topological polar surface area (TPSA) is 119 Å². The standard InChI is InChI=1S/C19H18F2N4O4/c1-28-8-7-24-17(26)14-15(22)11-4-2-3-10(16(11)25-18(14)27)12-9-23-6-5-13(12)29-19(20)21/h2-6,9,19H,7-8H2,1H3,(H,24,26)(H3,22,25,27). The summed E-state index contributed by atoms with van der Waals surface area (Å²) in [6.45, 7) is -2.55. The van der Waals surface area contributed by atoms with Crippen LogP contribution in [0.15, 0.2) is 41.5 Å². The first kappa shape index (κ1) is 20.2. The van der Waals surface area contributed by atoms with Crippen LogP contribution in [0, 0.1) is 0 Å². The number of ether oxygens (including phenoxy) is 2. The lowest BCUT2D eigenvalue weighted by atomic mass is 10.0. The first-order valence-corrected chi connectivity index (χ1v) is 8.54. The van der Waals surface area contributed by atoms with Crippen molar-refractivity contribution >= 4 is 22.5 Å². The summed E-state index contributed by atoms with van der Waals surface area (Å²) in [6, 6.07) is 6.13. The normalized spacial score (nSPS) is 11.0. The van der Waals surface area contributed by atoms with Crippen molar-refractivity contribution in [3.63, 3.8) is 0 Å². The number of anilines is 1. The summed E-state index contributed by atoms with van der Waals surface area (Å²) in [6.07, 6.45) is 2.65. The first-order valence-electron chi connectivity index (χ1n) is 8.54. The van der Waals surface area contributed by atoms with E-state index in [0.29, 0.717) is 10.9 Å². The van der Waals surface area contributed by atoms with Crippen molar-refractivity contribution in [3.8, 4) is 16.9 Å². The molecule has 0 bridgehead atoms. The lowest BCUT2D eigenvalue weighted by Gasteiger charge is -2.14. The number of nitrogens with zero attached hydrogens (tertiary/aromatic N) is 1. The lowest BCUT2D eigenvalue weighted by molar-refractivity contribution is -0.0494. The van der Waals surface area contributed by atoms with E-state index in [9.17, 15) is 18.4 Å². The number of halogens is 2. The number of carbonyl (C=O) groups excluding carboxylic acids is 1. The summed E-state index contributed by atoms with van der Waals surface area (Å²) >= 11 is 0. The Bertz CT molecular complexity index is 1100. The van der Waals surface area contributed by atoms with E-state index in [-0.39, 0.29) is 41.2 Å². The zero-order valence-corrected chi connectivity index (χ0v) is 15.4. The first-order chi connectivity index (χ1) is 13.9. The van der Waals surface area contributed by atoms with Crippen LogP contribution in [-0.4, -0.2) is 42.7 Å². The van der Waals surface area contributed by atoms with Gasteiger partial charge in [-0.3, -0.25) is 14.6 Å². The predicted octanol–water partition coefficient (Wildman–Crippen LogP) is 2.15. The van der Waals surface area contributed by atoms with Gasteiger partial charge in [-0.15, -0.1) is 0 Å². The predicted molar refractivity (Wildman–Crippen MR) is 103 cm³/mol. The average molecular weight is 404 g/mol. The van der Waals surface area contributed by atoms with E-state index in [1.165, 1.54) is 25.6 Å². The Hall–Kier alpha value is -3.53. The van der Waals surface area contributed by atoms with Crippen LogP contribution < -0.4 is 21.3 Å². The number of pyridine rings is 2. The molecule has 0 spiro atoms. The summed E-state index contributed by atoms with van der Waals surface area (Å²) in [7, 11) is 1.48. The quantitative estimate of drug-likeness (QED) is 0.519. The maximum atomic E-state index is 12.8. The number of methoxy groups -OCH3 is 1. The summed E-state index contributed by atoms with van der Waals surface area (Å²) in [5.74, 6) is -0.750. The molecule has 0 atom stereocenters. The highest BCUT2D eigenvalue weighted by Crippen LogP contribution is 2.35. The van der Waals surface area contributed by atoms with Crippen molar-refractivity contribution in [1.29, 1.82) is 0 Å². The number of fused-ring (bicyclic) bond motifs is 1. The van der Waals surface area contributed by atoms with Gasteiger partial charge in [-0.25, -0.2) is 0 Å². The minimum atomic E-state index is -3.03. The fourth-order valence-electron chi connectivity index (χ4n) is 2.93. The van der Waals surface area contributed by atoms with E-state index in [2.05, 4.69) is 20.0 Å². The molecular formula is C19H18F2N4O4. The van der Waals surface area contributed by atoms with Gasteiger partial charge in [-0.05, 0) is 6.07 Å². The number of H-pyrrole nitrogens is 1. The molecule has 29 heavy (non-hydrogen) atoms. The number of aromatic amines is 1. The fraction of sp³-hybridized carbons (Fsp3) is 0.211. The molecule has 1 aromatic carbocycles. The van der Waals surface area contributed by atoms with Gasteiger partial charge in [0.1, 0.15) is 11.3 Å². The molecule has 2 aromatic heterocycles. The van der Waals surface area contributed by atoms with Crippen LogP contribution >= 0.6 is 0 Å². The minimum absolute atomic E-state index is 0.0271. The molecule has 10 heteroatoms. The van der Waals surface area contributed by atoms with Gasteiger partial charge in [0.2, 0.25) is 0 Å². The molecule has 0 saturated heterocycles. The molecule has 3 aromatic rings. The van der Waals surface area contributed by atoms with Crippen molar-refractivity contribution in [3.05, 3.63) is 52.6 Å². The zero-order chi connectivity index (χ0) is 21.0. The van der Waals surface area contributed by atoms with Crippen LogP contribution in [0.1, 0.15) is 10.4 Å². The second kappa shape index (κ2) is 8.65. The molecule has 152 valence electrons. The summed E-state index contributed by atoms with van der Waals surface area (Å²) in [5, 5.41) is 2.93. The molecule has 0 aliphatic carbocycles. The molecule has 0 aliphatic rings. The molecule has 8 nitrogen and oxygen atoms in total. The van der Waals surface area contributed by atoms with Crippen molar-refractivity contribution < 1.29 is 23.0 Å². The van der Waals surface area contributed by atoms with Crippen LogP contribution in [0.2, 0.25) is 0 Å². The number of nitrogens with one attached hydrogen (secondary N) is 2. The van der Waals surface area contributed by atoms with Crippen LogP contribution in [0.25, 0.3) is 22.0 Å². The summed E-state index contributed by atoms with van der Waals surface area (Å²) in [4.78, 5) is 31.5. The number of para-hydroxylation sites is 1. The average Bonchev–Trinajstić information content (AvgIpc) is 2.68. The summed E-state index contributed by atoms with van der Waals surface area (Å²) < 4.78 is 34.9. The Morgan fingerprint density at radius 3 is 2.83 bits per heavy atom. The molecule has 0 aliphatic heterocycles. The number of hydrogen-bond acceptors (Lipinski definition) is 6. The van der Waals surface area contributed by atoms with Gasteiger partial charge < -0.3 is 25.5 Å². The SMILES string of the molecule is COCCNC(=O)c1c(N)c2cccc(-c3cnccc3OC(F)F)c2[nH]c1=O. The number of hydrogen-bond donors (Lipinski definition) is 3. The van der Waals surface area contributed by atoms with E-state index >= 15 is 0 Å². The number of aromatic nitrogens is 2.